The molecule has 1 aliphatic heterocycles. The summed E-state index contributed by atoms with van der Waals surface area (Å²) in [5.41, 5.74) is 5.47. The highest BCUT2D eigenvalue weighted by Gasteiger charge is 2.23. The SMILES string of the molecule is Cc1cc(NC(=O)CCc2c(C)nc3ncnn3c2C)ccc1N1CCCC1=O. The van der Waals surface area contributed by atoms with Gasteiger partial charge in [-0.15, -0.1) is 0 Å². The second-order valence-corrected chi connectivity index (χ2v) is 7.43. The number of rotatable bonds is 5. The molecular weight excluding hydrogens is 368 g/mol. The van der Waals surface area contributed by atoms with E-state index in [4.69, 9.17) is 0 Å². The largest absolute Gasteiger partial charge is 0.326 e. The molecule has 0 spiro atoms. The van der Waals surface area contributed by atoms with E-state index in [9.17, 15) is 9.59 Å². The highest BCUT2D eigenvalue weighted by atomic mass is 16.2. The van der Waals surface area contributed by atoms with Crippen molar-refractivity contribution in [2.45, 2.75) is 46.5 Å². The summed E-state index contributed by atoms with van der Waals surface area (Å²) < 4.78 is 1.70. The van der Waals surface area contributed by atoms with Gasteiger partial charge in [0.15, 0.2) is 0 Å². The number of nitrogens with zero attached hydrogens (tertiary/aromatic N) is 5. The number of anilines is 2. The first-order valence-corrected chi connectivity index (χ1v) is 9.80. The van der Waals surface area contributed by atoms with E-state index in [0.717, 1.165) is 46.9 Å². The Balaban J connectivity index is 1.43. The second kappa shape index (κ2) is 7.62. The van der Waals surface area contributed by atoms with Crippen LogP contribution < -0.4 is 10.2 Å². The van der Waals surface area contributed by atoms with Crippen LogP contribution in [-0.4, -0.2) is 37.9 Å². The smallest absolute Gasteiger partial charge is 0.252 e. The van der Waals surface area contributed by atoms with Gasteiger partial charge >= 0.3 is 0 Å². The fourth-order valence-electron chi connectivity index (χ4n) is 3.92. The zero-order valence-electron chi connectivity index (χ0n) is 16.9. The molecular formula is C21H24N6O2. The minimum atomic E-state index is -0.0631. The minimum absolute atomic E-state index is 0.0631. The van der Waals surface area contributed by atoms with Crippen LogP contribution in [-0.2, 0) is 16.0 Å². The lowest BCUT2D eigenvalue weighted by molar-refractivity contribution is -0.117. The summed E-state index contributed by atoms with van der Waals surface area (Å²) in [7, 11) is 0. The van der Waals surface area contributed by atoms with Crippen molar-refractivity contribution in [2.24, 2.45) is 0 Å². The van der Waals surface area contributed by atoms with Crippen LogP contribution in [0.1, 0.15) is 41.8 Å². The fraction of sp³-hybridized carbons (Fsp3) is 0.381. The molecule has 1 aromatic carbocycles. The predicted octanol–water partition coefficient (Wildman–Crippen LogP) is 2.75. The van der Waals surface area contributed by atoms with Crippen molar-refractivity contribution in [3.05, 3.63) is 47.0 Å². The zero-order chi connectivity index (χ0) is 20.5. The van der Waals surface area contributed by atoms with Gasteiger partial charge in [0.1, 0.15) is 6.33 Å². The van der Waals surface area contributed by atoms with Gasteiger partial charge in [-0.05, 0) is 62.9 Å². The lowest BCUT2D eigenvalue weighted by Gasteiger charge is -2.19. The molecule has 29 heavy (non-hydrogen) atoms. The van der Waals surface area contributed by atoms with E-state index < -0.39 is 0 Å². The van der Waals surface area contributed by atoms with E-state index in [-0.39, 0.29) is 11.8 Å². The predicted molar refractivity (Wildman–Crippen MR) is 110 cm³/mol. The van der Waals surface area contributed by atoms with Gasteiger partial charge < -0.3 is 10.2 Å². The molecule has 0 aliphatic carbocycles. The fourth-order valence-corrected chi connectivity index (χ4v) is 3.92. The van der Waals surface area contributed by atoms with Gasteiger partial charge in [0, 0.05) is 42.1 Å². The maximum Gasteiger partial charge on any atom is 0.252 e. The van der Waals surface area contributed by atoms with E-state index >= 15 is 0 Å². The summed E-state index contributed by atoms with van der Waals surface area (Å²) in [6, 6.07) is 5.68. The first-order chi connectivity index (χ1) is 13.9. The standard InChI is InChI=1S/C21H24N6O2/c1-13-11-16(6-8-18(13)26-10-4-5-20(26)29)25-19(28)9-7-17-14(2)24-21-22-12-23-27(21)15(17)3/h6,8,11-12H,4-5,7,9-10H2,1-3H3,(H,25,28). The lowest BCUT2D eigenvalue weighted by Crippen LogP contribution is -2.24. The molecule has 0 atom stereocenters. The third kappa shape index (κ3) is 3.70. The molecule has 0 radical (unpaired) electrons. The molecule has 0 unspecified atom stereocenters. The minimum Gasteiger partial charge on any atom is -0.326 e. The Hall–Kier alpha value is -3.29. The van der Waals surface area contributed by atoms with Crippen molar-refractivity contribution < 1.29 is 9.59 Å². The second-order valence-electron chi connectivity index (χ2n) is 7.43. The van der Waals surface area contributed by atoms with Gasteiger partial charge in [-0.1, -0.05) is 0 Å². The lowest BCUT2D eigenvalue weighted by atomic mass is 10.1. The number of hydrogen-bond donors (Lipinski definition) is 1. The Morgan fingerprint density at radius 3 is 2.79 bits per heavy atom. The summed E-state index contributed by atoms with van der Waals surface area (Å²) in [6.07, 6.45) is 3.89. The van der Waals surface area contributed by atoms with E-state index in [1.54, 1.807) is 4.52 Å². The number of nitrogens with one attached hydrogen (secondary N) is 1. The molecule has 1 fully saturated rings. The van der Waals surface area contributed by atoms with Crippen molar-refractivity contribution in [1.82, 2.24) is 19.6 Å². The zero-order valence-corrected chi connectivity index (χ0v) is 16.9. The molecule has 4 rings (SSSR count). The first-order valence-electron chi connectivity index (χ1n) is 9.80. The van der Waals surface area contributed by atoms with Crippen LogP contribution in [0.5, 0.6) is 0 Å². The van der Waals surface area contributed by atoms with Crippen molar-refractivity contribution >= 4 is 29.0 Å². The Morgan fingerprint density at radius 1 is 1.24 bits per heavy atom. The Labute approximate surface area is 169 Å². The van der Waals surface area contributed by atoms with E-state index in [1.165, 1.54) is 6.33 Å². The summed E-state index contributed by atoms with van der Waals surface area (Å²) in [4.78, 5) is 34.9. The monoisotopic (exact) mass is 392 g/mol. The van der Waals surface area contributed by atoms with Crippen LogP contribution in [0.3, 0.4) is 0 Å². The van der Waals surface area contributed by atoms with Gasteiger partial charge in [0.2, 0.25) is 11.8 Å². The van der Waals surface area contributed by atoms with Gasteiger partial charge in [-0.25, -0.2) is 9.50 Å². The molecule has 2 aromatic heterocycles. The number of fused-ring (bicyclic) bond motifs is 1. The van der Waals surface area contributed by atoms with Gasteiger partial charge in [0.25, 0.3) is 5.78 Å². The Morgan fingerprint density at radius 2 is 2.07 bits per heavy atom. The van der Waals surface area contributed by atoms with Crippen molar-refractivity contribution in [3.8, 4) is 0 Å². The van der Waals surface area contributed by atoms with Crippen LogP contribution in [0, 0.1) is 20.8 Å². The highest BCUT2D eigenvalue weighted by molar-refractivity contribution is 5.97. The van der Waals surface area contributed by atoms with E-state index in [2.05, 4.69) is 20.4 Å². The van der Waals surface area contributed by atoms with Crippen LogP contribution in [0.4, 0.5) is 11.4 Å². The number of aromatic nitrogens is 4. The topological polar surface area (TPSA) is 92.5 Å². The summed E-state index contributed by atoms with van der Waals surface area (Å²) in [6.45, 7) is 6.61. The van der Waals surface area contributed by atoms with Crippen molar-refractivity contribution in [2.75, 3.05) is 16.8 Å². The highest BCUT2D eigenvalue weighted by Crippen LogP contribution is 2.27. The summed E-state index contributed by atoms with van der Waals surface area (Å²) in [5.74, 6) is 0.667. The number of carbonyl (C=O) groups excluding carboxylic acids is 2. The first kappa shape index (κ1) is 19.0. The molecule has 1 N–H and O–H groups in total. The van der Waals surface area contributed by atoms with Gasteiger partial charge in [0.05, 0.1) is 0 Å². The van der Waals surface area contributed by atoms with Crippen LogP contribution in [0.2, 0.25) is 0 Å². The third-order valence-corrected chi connectivity index (χ3v) is 5.44. The maximum absolute atomic E-state index is 12.5. The number of hydrogen-bond acceptors (Lipinski definition) is 5. The third-order valence-electron chi connectivity index (χ3n) is 5.44. The quantitative estimate of drug-likeness (QED) is 0.721. The van der Waals surface area contributed by atoms with Crippen LogP contribution in [0.15, 0.2) is 24.5 Å². The maximum atomic E-state index is 12.5. The molecule has 150 valence electrons. The van der Waals surface area contributed by atoms with Crippen molar-refractivity contribution in [3.63, 3.8) is 0 Å². The molecule has 2 amide bonds. The van der Waals surface area contributed by atoms with E-state index in [1.807, 2.05) is 43.9 Å². The molecule has 1 aliphatic rings. The van der Waals surface area contributed by atoms with Crippen molar-refractivity contribution in [1.29, 1.82) is 0 Å². The molecule has 0 saturated carbocycles. The number of amides is 2. The average Bonchev–Trinajstić information content (AvgIpc) is 3.30. The molecule has 1 saturated heterocycles. The number of carbonyl (C=O) groups is 2. The average molecular weight is 392 g/mol. The number of aryl methyl sites for hydroxylation is 3. The Kier molecular flexibility index (Phi) is 5.00. The van der Waals surface area contributed by atoms with E-state index in [0.29, 0.717) is 25.0 Å². The molecule has 0 bridgehead atoms. The summed E-state index contributed by atoms with van der Waals surface area (Å²) in [5, 5.41) is 7.14. The molecule has 3 aromatic rings. The molecule has 8 nitrogen and oxygen atoms in total. The number of benzene rings is 1. The summed E-state index contributed by atoms with van der Waals surface area (Å²) >= 11 is 0. The molecule has 3 heterocycles. The van der Waals surface area contributed by atoms with Crippen LogP contribution in [0.25, 0.3) is 5.78 Å². The normalized spacial score (nSPS) is 14.0. The van der Waals surface area contributed by atoms with Gasteiger partial charge in [-0.3, -0.25) is 9.59 Å². The Bertz CT molecular complexity index is 1100. The van der Waals surface area contributed by atoms with Crippen LogP contribution >= 0.6 is 0 Å². The van der Waals surface area contributed by atoms with Gasteiger partial charge in [-0.2, -0.15) is 10.1 Å². The molecule has 8 heteroatoms.